The Morgan fingerprint density at radius 2 is 1.67 bits per heavy atom. The van der Waals surface area contributed by atoms with Crippen molar-refractivity contribution >= 4 is 17.7 Å². The minimum atomic E-state index is -0.723. The lowest BCUT2D eigenvalue weighted by Crippen LogP contribution is -2.41. The molecule has 1 amide bonds. The highest BCUT2D eigenvalue weighted by atomic mass is 16.6. The van der Waals surface area contributed by atoms with Crippen LogP contribution in [0.15, 0.2) is 96.3 Å². The summed E-state index contributed by atoms with van der Waals surface area (Å²) in [4.78, 5) is 25.8. The third-order valence-electron chi connectivity index (χ3n) is 7.25. The first kappa shape index (κ1) is 28.0. The molecule has 3 aromatic carbocycles. The zero-order valence-corrected chi connectivity index (χ0v) is 22.7. The zero-order chi connectivity index (χ0) is 27.7. The van der Waals surface area contributed by atoms with E-state index in [0.29, 0.717) is 36.9 Å². The van der Waals surface area contributed by atoms with Crippen molar-refractivity contribution in [2.75, 3.05) is 5.32 Å². The average Bonchev–Trinajstić information content (AvgIpc) is 2.94. The normalized spacial score (nSPS) is 17.8. The molecule has 0 aromatic heterocycles. The number of esters is 1. The lowest BCUT2D eigenvalue weighted by molar-refractivity contribution is -0.161. The van der Waals surface area contributed by atoms with Gasteiger partial charge in [0.05, 0.1) is 5.57 Å². The highest BCUT2D eigenvalue weighted by Gasteiger charge is 2.43. The quantitative estimate of drug-likeness (QED) is 0.248. The molecule has 1 aliphatic heterocycles. The van der Waals surface area contributed by atoms with Gasteiger partial charge in [-0.1, -0.05) is 93.1 Å². The number of hydrogen-bond donors (Lipinski definition) is 2. The molecule has 0 saturated heterocycles. The molecule has 39 heavy (non-hydrogen) atoms. The molecule has 1 aliphatic rings. The molecule has 204 valence electrons. The number of aryl methyl sites for hydroxylation is 1. The summed E-state index contributed by atoms with van der Waals surface area (Å²) in [6.45, 7) is 4.20. The minimum absolute atomic E-state index is 0.0974. The van der Waals surface area contributed by atoms with Crippen LogP contribution in [0.25, 0.3) is 0 Å². The fraction of sp³-hybridized carbons (Fsp3) is 0.333. The van der Waals surface area contributed by atoms with E-state index in [0.717, 1.165) is 24.0 Å². The maximum absolute atomic E-state index is 13.4. The van der Waals surface area contributed by atoms with Crippen LogP contribution in [0.4, 0.5) is 10.5 Å². The van der Waals surface area contributed by atoms with Crippen LogP contribution in [0.5, 0.6) is 0 Å². The van der Waals surface area contributed by atoms with Gasteiger partial charge in [-0.15, -0.1) is 0 Å². The van der Waals surface area contributed by atoms with Crippen molar-refractivity contribution in [2.45, 2.75) is 70.5 Å². The fourth-order valence-corrected chi connectivity index (χ4v) is 5.34. The first-order valence-electron chi connectivity index (χ1n) is 13.7. The molecule has 0 fully saturated rings. The van der Waals surface area contributed by atoms with Gasteiger partial charge >= 0.3 is 12.1 Å². The van der Waals surface area contributed by atoms with E-state index in [1.54, 1.807) is 6.07 Å². The van der Waals surface area contributed by atoms with E-state index in [1.165, 1.54) is 5.56 Å². The molecule has 2 N–H and O–H groups in total. The number of amides is 1. The van der Waals surface area contributed by atoms with Gasteiger partial charge in [0.1, 0.15) is 18.0 Å². The van der Waals surface area contributed by atoms with Crippen LogP contribution in [0.3, 0.4) is 0 Å². The summed E-state index contributed by atoms with van der Waals surface area (Å²) in [6.07, 6.45) is 3.26. The molecule has 0 aliphatic carbocycles. The summed E-state index contributed by atoms with van der Waals surface area (Å²) < 4.78 is 11.5. The topological polar surface area (TPSA) is 84.9 Å². The largest absolute Gasteiger partial charge is 0.512 e. The molecule has 4 rings (SSSR count). The fourth-order valence-electron chi connectivity index (χ4n) is 5.34. The van der Waals surface area contributed by atoms with E-state index in [9.17, 15) is 14.7 Å². The predicted molar refractivity (Wildman–Crippen MR) is 152 cm³/mol. The van der Waals surface area contributed by atoms with Crippen LogP contribution >= 0.6 is 0 Å². The number of carbonyl (C=O) groups excluding carboxylic acids is 2. The van der Waals surface area contributed by atoms with Gasteiger partial charge < -0.3 is 14.6 Å². The highest BCUT2D eigenvalue weighted by Crippen LogP contribution is 2.42. The van der Waals surface area contributed by atoms with E-state index < -0.39 is 17.7 Å². The third kappa shape index (κ3) is 7.29. The molecule has 0 bridgehead atoms. The number of benzene rings is 3. The van der Waals surface area contributed by atoms with Crippen molar-refractivity contribution in [3.63, 3.8) is 0 Å². The second-order valence-corrected chi connectivity index (χ2v) is 10.1. The van der Waals surface area contributed by atoms with Gasteiger partial charge in [0, 0.05) is 18.0 Å². The second-order valence-electron chi connectivity index (χ2n) is 10.1. The first-order valence-corrected chi connectivity index (χ1v) is 13.7. The Hall–Kier alpha value is -4.06. The molecular weight excluding hydrogens is 490 g/mol. The van der Waals surface area contributed by atoms with E-state index in [2.05, 4.69) is 24.4 Å². The van der Waals surface area contributed by atoms with E-state index in [1.807, 2.05) is 73.7 Å². The Kier molecular flexibility index (Phi) is 9.42. The van der Waals surface area contributed by atoms with Crippen LogP contribution in [0.2, 0.25) is 0 Å². The summed E-state index contributed by atoms with van der Waals surface area (Å²) in [6, 6.07) is 26.9. The number of anilines is 1. The van der Waals surface area contributed by atoms with Crippen LogP contribution < -0.4 is 5.32 Å². The van der Waals surface area contributed by atoms with Gasteiger partial charge in [-0.05, 0) is 54.5 Å². The van der Waals surface area contributed by atoms with Crippen molar-refractivity contribution in [1.29, 1.82) is 0 Å². The number of rotatable bonds is 11. The molecule has 3 aromatic rings. The molecule has 0 radical (unpaired) electrons. The first-order chi connectivity index (χ1) is 18.9. The van der Waals surface area contributed by atoms with Crippen LogP contribution in [-0.2, 0) is 27.3 Å². The summed E-state index contributed by atoms with van der Waals surface area (Å²) in [5, 5.41) is 14.0. The van der Waals surface area contributed by atoms with Crippen molar-refractivity contribution < 1.29 is 24.2 Å². The lowest BCUT2D eigenvalue weighted by Gasteiger charge is -2.38. The maximum atomic E-state index is 13.4. The monoisotopic (exact) mass is 527 g/mol. The summed E-state index contributed by atoms with van der Waals surface area (Å²) in [5.74, 6) is -0.735. The van der Waals surface area contributed by atoms with Gasteiger partial charge in [-0.3, -0.25) is 5.32 Å². The standard InChI is InChI=1S/C33H37NO5/c1-3-19-33(20-18-24-12-7-5-8-13-24)22-29(35)30(31(36)39-33)28(4-2)26-16-11-17-27(21-26)34-32(37)38-23-25-14-9-6-10-15-25/h5-17,21,28,35H,3-4,18-20,22-23H2,1-2H3,(H,34,37). The second kappa shape index (κ2) is 13.1. The number of aliphatic hydroxyl groups is 1. The van der Waals surface area contributed by atoms with Crippen LogP contribution in [-0.4, -0.2) is 22.8 Å². The number of cyclic esters (lactones) is 1. The Labute approximate surface area is 230 Å². The van der Waals surface area contributed by atoms with Gasteiger partial charge in [0.15, 0.2) is 0 Å². The Morgan fingerprint density at radius 1 is 0.974 bits per heavy atom. The van der Waals surface area contributed by atoms with Gasteiger partial charge in [0.25, 0.3) is 0 Å². The number of nitrogens with one attached hydrogen (secondary N) is 1. The predicted octanol–water partition coefficient (Wildman–Crippen LogP) is 7.86. The number of hydrogen-bond acceptors (Lipinski definition) is 5. The van der Waals surface area contributed by atoms with Gasteiger partial charge in [-0.25, -0.2) is 9.59 Å². The Morgan fingerprint density at radius 3 is 2.31 bits per heavy atom. The molecule has 6 nitrogen and oxygen atoms in total. The highest BCUT2D eigenvalue weighted by molar-refractivity contribution is 5.92. The number of carbonyl (C=O) groups is 2. The van der Waals surface area contributed by atoms with Gasteiger partial charge in [-0.2, -0.15) is 0 Å². The molecule has 2 unspecified atom stereocenters. The number of ether oxygens (including phenoxy) is 2. The number of aliphatic hydroxyl groups excluding tert-OH is 1. The van der Waals surface area contributed by atoms with Crippen LogP contribution in [0, 0.1) is 0 Å². The van der Waals surface area contributed by atoms with E-state index >= 15 is 0 Å². The third-order valence-corrected chi connectivity index (χ3v) is 7.25. The maximum Gasteiger partial charge on any atom is 0.411 e. The Bertz CT molecular complexity index is 1290. The summed E-state index contributed by atoms with van der Waals surface area (Å²) in [7, 11) is 0. The Balaban J connectivity index is 1.48. The molecule has 1 heterocycles. The average molecular weight is 528 g/mol. The smallest absolute Gasteiger partial charge is 0.411 e. The molecule has 6 heteroatoms. The molecule has 0 saturated carbocycles. The SMILES string of the molecule is CCCC1(CCc2ccccc2)CC(O)=C(C(CC)c2cccc(NC(=O)OCc3ccccc3)c2)C(=O)O1. The van der Waals surface area contributed by atoms with Crippen molar-refractivity contribution in [1.82, 2.24) is 0 Å². The van der Waals surface area contributed by atoms with Crippen LogP contribution in [0.1, 0.15) is 68.6 Å². The lowest BCUT2D eigenvalue weighted by atomic mass is 9.80. The summed E-state index contributed by atoms with van der Waals surface area (Å²) in [5.41, 5.74) is 3.01. The van der Waals surface area contributed by atoms with E-state index in [4.69, 9.17) is 9.47 Å². The molecule has 2 atom stereocenters. The van der Waals surface area contributed by atoms with E-state index in [-0.39, 0.29) is 18.3 Å². The molecular formula is C33H37NO5. The minimum Gasteiger partial charge on any atom is -0.512 e. The van der Waals surface area contributed by atoms with Crippen molar-refractivity contribution in [2.24, 2.45) is 0 Å². The van der Waals surface area contributed by atoms with Crippen molar-refractivity contribution in [3.05, 3.63) is 113 Å². The molecule has 0 spiro atoms. The zero-order valence-electron chi connectivity index (χ0n) is 22.7. The summed E-state index contributed by atoms with van der Waals surface area (Å²) >= 11 is 0. The van der Waals surface area contributed by atoms with Gasteiger partial charge in [0.2, 0.25) is 0 Å². The van der Waals surface area contributed by atoms with Crippen molar-refractivity contribution in [3.8, 4) is 0 Å².